The van der Waals surface area contributed by atoms with Gasteiger partial charge in [-0.05, 0) is 43.6 Å². The van der Waals surface area contributed by atoms with Gasteiger partial charge in [0.25, 0.3) is 0 Å². The zero-order valence-electron chi connectivity index (χ0n) is 12.7. The van der Waals surface area contributed by atoms with Gasteiger partial charge in [0, 0.05) is 25.2 Å². The molecule has 1 atom stereocenters. The number of anilines is 1. The minimum absolute atomic E-state index is 0.179. The van der Waals surface area contributed by atoms with Crippen molar-refractivity contribution in [3.63, 3.8) is 0 Å². The third-order valence-electron chi connectivity index (χ3n) is 3.74. The first-order valence-electron chi connectivity index (χ1n) is 7.79. The summed E-state index contributed by atoms with van der Waals surface area (Å²) in [6, 6.07) is 7.84. The van der Waals surface area contributed by atoms with Crippen LogP contribution in [0.25, 0.3) is 0 Å². The second-order valence-corrected chi connectivity index (χ2v) is 5.44. The molecule has 6 nitrogen and oxygen atoms in total. The van der Waals surface area contributed by atoms with Gasteiger partial charge in [-0.15, -0.1) is 0 Å². The molecule has 1 fully saturated rings. The predicted molar refractivity (Wildman–Crippen MR) is 86.6 cm³/mol. The first-order chi connectivity index (χ1) is 10.7. The van der Waals surface area contributed by atoms with E-state index in [1.807, 2.05) is 24.3 Å². The summed E-state index contributed by atoms with van der Waals surface area (Å²) in [6.45, 7) is 3.37. The van der Waals surface area contributed by atoms with Crippen LogP contribution in [0.2, 0.25) is 0 Å². The lowest BCUT2D eigenvalue weighted by atomic mass is 9.90. The zero-order chi connectivity index (χ0) is 15.8. The van der Waals surface area contributed by atoms with Gasteiger partial charge in [0.1, 0.15) is 0 Å². The van der Waals surface area contributed by atoms with Crippen LogP contribution in [0, 0.1) is 0 Å². The minimum atomic E-state index is -0.218. The van der Waals surface area contributed by atoms with Crippen LogP contribution >= 0.6 is 0 Å². The van der Waals surface area contributed by atoms with Crippen LogP contribution in [-0.4, -0.2) is 38.0 Å². The van der Waals surface area contributed by atoms with E-state index in [9.17, 15) is 9.59 Å². The van der Waals surface area contributed by atoms with Crippen molar-refractivity contribution in [3.05, 3.63) is 29.8 Å². The van der Waals surface area contributed by atoms with Crippen molar-refractivity contribution in [3.8, 4) is 0 Å². The minimum Gasteiger partial charge on any atom is -0.384 e. The van der Waals surface area contributed by atoms with Crippen molar-refractivity contribution >= 4 is 17.5 Å². The molecule has 1 aliphatic rings. The molecular weight excluding hydrogens is 280 g/mol. The van der Waals surface area contributed by atoms with Crippen LogP contribution in [0.15, 0.2) is 24.3 Å². The molecule has 22 heavy (non-hydrogen) atoms. The fraction of sp³-hybridized carbons (Fsp3) is 0.500. The molecule has 2 amide bonds. The molecule has 2 rings (SSSR count). The fourth-order valence-electron chi connectivity index (χ4n) is 2.49. The summed E-state index contributed by atoms with van der Waals surface area (Å²) < 4.78 is 0. The molecule has 1 saturated heterocycles. The molecule has 0 aromatic heterocycles. The third kappa shape index (κ3) is 4.82. The molecule has 5 N–H and O–H groups in total. The normalized spacial score (nSPS) is 18.1. The number of carbonyl (C=O) groups is 2. The van der Waals surface area contributed by atoms with Gasteiger partial charge in [-0.2, -0.15) is 0 Å². The Morgan fingerprint density at radius 3 is 2.59 bits per heavy atom. The summed E-state index contributed by atoms with van der Waals surface area (Å²) in [5.41, 5.74) is 7.40. The van der Waals surface area contributed by atoms with Gasteiger partial charge in [0.05, 0.1) is 5.92 Å². The number of carbonyl (C=O) groups excluding carboxylic acids is 2. The van der Waals surface area contributed by atoms with Gasteiger partial charge in [0.2, 0.25) is 11.8 Å². The molecule has 1 aromatic rings. The highest BCUT2D eigenvalue weighted by atomic mass is 16.2. The fourth-order valence-corrected chi connectivity index (χ4v) is 2.49. The van der Waals surface area contributed by atoms with Crippen molar-refractivity contribution < 1.29 is 9.59 Å². The van der Waals surface area contributed by atoms with E-state index in [0.29, 0.717) is 19.4 Å². The summed E-state index contributed by atoms with van der Waals surface area (Å²) in [7, 11) is 0. The van der Waals surface area contributed by atoms with Gasteiger partial charge in [-0.1, -0.05) is 12.1 Å². The van der Waals surface area contributed by atoms with Crippen molar-refractivity contribution in [2.24, 2.45) is 5.73 Å². The van der Waals surface area contributed by atoms with E-state index in [1.54, 1.807) is 0 Å². The Balaban J connectivity index is 1.78. The van der Waals surface area contributed by atoms with E-state index >= 15 is 0 Å². The number of nitrogens with one attached hydrogen (secondary N) is 3. The molecule has 1 heterocycles. The quantitative estimate of drug-likeness (QED) is 0.416. The molecular formula is C16H24N4O2. The van der Waals surface area contributed by atoms with Gasteiger partial charge in [0.15, 0.2) is 0 Å². The zero-order valence-corrected chi connectivity index (χ0v) is 12.7. The van der Waals surface area contributed by atoms with Gasteiger partial charge < -0.3 is 16.4 Å². The highest BCUT2D eigenvalue weighted by Crippen LogP contribution is 2.25. The number of benzene rings is 1. The monoisotopic (exact) mass is 304 g/mol. The first-order valence-corrected chi connectivity index (χ1v) is 7.79. The van der Waals surface area contributed by atoms with E-state index in [2.05, 4.69) is 16.0 Å². The van der Waals surface area contributed by atoms with E-state index in [1.165, 1.54) is 0 Å². The van der Waals surface area contributed by atoms with E-state index in [4.69, 9.17) is 5.73 Å². The van der Waals surface area contributed by atoms with Crippen LogP contribution in [0.1, 0.15) is 30.7 Å². The molecule has 6 heteroatoms. The van der Waals surface area contributed by atoms with Crippen molar-refractivity contribution in [1.29, 1.82) is 0 Å². The summed E-state index contributed by atoms with van der Waals surface area (Å²) in [6.07, 6.45) is 1.98. The Kier molecular flexibility index (Phi) is 6.36. The molecule has 0 bridgehead atoms. The Hall–Kier alpha value is -1.92. The van der Waals surface area contributed by atoms with Gasteiger partial charge in [-0.25, -0.2) is 0 Å². The summed E-state index contributed by atoms with van der Waals surface area (Å²) in [5, 5.41) is 9.01. The highest BCUT2D eigenvalue weighted by molar-refractivity contribution is 6.00. The first kappa shape index (κ1) is 16.5. The maximum Gasteiger partial charge on any atom is 0.234 e. The topological polar surface area (TPSA) is 96.2 Å². The number of amides is 2. The van der Waals surface area contributed by atoms with Crippen molar-refractivity contribution in [2.75, 3.05) is 31.5 Å². The molecule has 0 radical (unpaired) electrons. The molecule has 1 aromatic carbocycles. The number of imide groups is 1. The maximum atomic E-state index is 11.8. The molecule has 0 spiro atoms. The largest absolute Gasteiger partial charge is 0.384 e. The van der Waals surface area contributed by atoms with Crippen LogP contribution in [-0.2, 0) is 9.59 Å². The molecule has 1 aliphatic heterocycles. The van der Waals surface area contributed by atoms with Crippen LogP contribution in [0.3, 0.4) is 0 Å². The SMILES string of the molecule is NCCCNCCNc1ccc(C2CCC(=O)NC2=O)cc1. The average molecular weight is 304 g/mol. The summed E-state index contributed by atoms with van der Waals surface area (Å²) >= 11 is 0. The third-order valence-corrected chi connectivity index (χ3v) is 3.74. The van der Waals surface area contributed by atoms with Gasteiger partial charge >= 0.3 is 0 Å². The van der Waals surface area contributed by atoms with E-state index in [-0.39, 0.29) is 17.7 Å². The number of piperidine rings is 1. The Morgan fingerprint density at radius 1 is 1.14 bits per heavy atom. The lowest BCUT2D eigenvalue weighted by Gasteiger charge is -2.21. The molecule has 1 unspecified atom stereocenters. The summed E-state index contributed by atoms with van der Waals surface area (Å²) in [4.78, 5) is 23.0. The lowest BCUT2D eigenvalue weighted by Crippen LogP contribution is -2.39. The number of hydrogen-bond acceptors (Lipinski definition) is 5. The lowest BCUT2D eigenvalue weighted by molar-refractivity contribution is -0.134. The number of hydrogen-bond donors (Lipinski definition) is 4. The maximum absolute atomic E-state index is 11.8. The van der Waals surface area contributed by atoms with Crippen LogP contribution in [0.5, 0.6) is 0 Å². The standard InChI is InChI=1S/C16H24N4O2/c17-8-1-9-18-10-11-19-13-4-2-12(3-5-13)14-6-7-15(21)20-16(14)22/h2-5,14,18-19H,1,6-11,17H2,(H,20,21,22). The number of rotatable bonds is 8. The highest BCUT2D eigenvalue weighted by Gasteiger charge is 2.27. The van der Waals surface area contributed by atoms with E-state index in [0.717, 1.165) is 37.3 Å². The second-order valence-electron chi connectivity index (χ2n) is 5.44. The Morgan fingerprint density at radius 2 is 1.91 bits per heavy atom. The van der Waals surface area contributed by atoms with Crippen molar-refractivity contribution in [2.45, 2.75) is 25.2 Å². The van der Waals surface area contributed by atoms with Gasteiger partial charge in [-0.3, -0.25) is 14.9 Å². The molecule has 0 aliphatic carbocycles. The molecule has 0 saturated carbocycles. The summed E-state index contributed by atoms with van der Waals surface area (Å²) in [5.74, 6) is -0.590. The van der Waals surface area contributed by atoms with Crippen LogP contribution < -0.4 is 21.7 Å². The molecule has 120 valence electrons. The average Bonchev–Trinajstić information content (AvgIpc) is 2.52. The van der Waals surface area contributed by atoms with E-state index < -0.39 is 0 Å². The van der Waals surface area contributed by atoms with Crippen molar-refractivity contribution in [1.82, 2.24) is 10.6 Å². The Bertz CT molecular complexity index is 501. The Labute approximate surface area is 130 Å². The predicted octanol–water partition coefficient (Wildman–Crippen LogP) is 0.557. The smallest absolute Gasteiger partial charge is 0.234 e. The van der Waals surface area contributed by atoms with Crippen LogP contribution in [0.4, 0.5) is 5.69 Å². The number of nitrogens with two attached hydrogens (primary N) is 1. The second kappa shape index (κ2) is 8.51.